The van der Waals surface area contributed by atoms with Gasteiger partial charge in [-0.05, 0) is 39.4 Å². The van der Waals surface area contributed by atoms with Gasteiger partial charge in [0, 0.05) is 25.2 Å². The van der Waals surface area contributed by atoms with Gasteiger partial charge in [0.15, 0.2) is 0 Å². The maximum Gasteiger partial charge on any atom is 0.0249 e. The van der Waals surface area contributed by atoms with Gasteiger partial charge in [0.1, 0.15) is 0 Å². The van der Waals surface area contributed by atoms with Crippen LogP contribution in [0.15, 0.2) is 0 Å². The molecular formula is C12H25N3. The van der Waals surface area contributed by atoms with Crippen LogP contribution in [0.3, 0.4) is 0 Å². The van der Waals surface area contributed by atoms with Crippen LogP contribution < -0.4 is 10.6 Å². The van der Waals surface area contributed by atoms with Crippen LogP contribution in [-0.2, 0) is 0 Å². The molecule has 2 rings (SSSR count). The van der Waals surface area contributed by atoms with Crippen molar-refractivity contribution >= 4 is 0 Å². The van der Waals surface area contributed by atoms with Crippen LogP contribution in [0.4, 0.5) is 0 Å². The summed E-state index contributed by atoms with van der Waals surface area (Å²) in [5.74, 6) is 0. The lowest BCUT2D eigenvalue weighted by Crippen LogP contribution is -2.51. The zero-order chi connectivity index (χ0) is 10.5. The van der Waals surface area contributed by atoms with Gasteiger partial charge in [0.05, 0.1) is 0 Å². The van der Waals surface area contributed by atoms with Crippen molar-refractivity contribution < 1.29 is 0 Å². The minimum atomic E-state index is 0.733. The molecule has 1 aliphatic carbocycles. The average molecular weight is 211 g/mol. The molecule has 2 atom stereocenters. The van der Waals surface area contributed by atoms with Crippen LogP contribution in [-0.4, -0.2) is 50.2 Å². The lowest BCUT2D eigenvalue weighted by atomic mass is 9.89. The molecule has 1 saturated heterocycles. The molecule has 15 heavy (non-hydrogen) atoms. The first-order valence-electron chi connectivity index (χ1n) is 6.54. The van der Waals surface area contributed by atoms with E-state index < -0.39 is 0 Å². The third kappa shape index (κ3) is 2.92. The van der Waals surface area contributed by atoms with Crippen LogP contribution in [0.2, 0.25) is 0 Å². The van der Waals surface area contributed by atoms with Gasteiger partial charge in [-0.3, -0.25) is 4.90 Å². The summed E-state index contributed by atoms with van der Waals surface area (Å²) in [5.41, 5.74) is 0. The molecule has 1 heterocycles. The zero-order valence-electron chi connectivity index (χ0n) is 9.97. The Morgan fingerprint density at radius 3 is 2.80 bits per heavy atom. The number of nitrogens with one attached hydrogen (secondary N) is 2. The Bertz CT molecular complexity index is 176. The average Bonchev–Trinajstić information content (AvgIpc) is 2.57. The summed E-state index contributed by atoms with van der Waals surface area (Å²) in [7, 11) is 2.12. The van der Waals surface area contributed by atoms with Crippen LogP contribution >= 0.6 is 0 Å². The maximum absolute atomic E-state index is 3.51. The van der Waals surface area contributed by atoms with Crippen molar-refractivity contribution in [2.75, 3.05) is 33.2 Å². The van der Waals surface area contributed by atoms with E-state index in [1.54, 1.807) is 0 Å². The van der Waals surface area contributed by atoms with Gasteiger partial charge in [-0.15, -0.1) is 0 Å². The molecule has 0 aromatic heterocycles. The smallest absolute Gasteiger partial charge is 0.0249 e. The molecule has 88 valence electrons. The summed E-state index contributed by atoms with van der Waals surface area (Å²) in [6, 6.07) is 1.53. The molecule has 3 nitrogen and oxygen atoms in total. The Labute approximate surface area is 93.6 Å². The molecule has 2 unspecified atom stereocenters. The fraction of sp³-hybridized carbons (Fsp3) is 1.00. The molecule has 2 aliphatic rings. The number of hydrogen-bond acceptors (Lipinski definition) is 3. The fourth-order valence-electron chi connectivity index (χ4n) is 3.08. The highest BCUT2D eigenvalue weighted by atomic mass is 15.2. The first-order chi connectivity index (χ1) is 7.42. The fourth-order valence-corrected chi connectivity index (χ4v) is 3.08. The summed E-state index contributed by atoms with van der Waals surface area (Å²) in [6.07, 6.45) is 6.91. The second-order valence-electron chi connectivity index (χ2n) is 4.89. The number of likely N-dealkylation sites (N-methyl/N-ethyl adjacent to an activating group) is 1. The van der Waals surface area contributed by atoms with E-state index in [1.807, 2.05) is 0 Å². The second-order valence-corrected chi connectivity index (χ2v) is 4.89. The Kier molecular flexibility index (Phi) is 4.42. The van der Waals surface area contributed by atoms with Crippen molar-refractivity contribution in [3.05, 3.63) is 0 Å². The third-order valence-electron chi connectivity index (χ3n) is 3.94. The predicted octanol–water partition coefficient (Wildman–Crippen LogP) is 0.812. The Hall–Kier alpha value is -0.120. The molecule has 0 aromatic carbocycles. The molecule has 0 aromatic rings. The van der Waals surface area contributed by atoms with E-state index in [0.29, 0.717) is 0 Å². The summed E-state index contributed by atoms with van der Waals surface area (Å²) >= 11 is 0. The number of rotatable bonds is 2. The van der Waals surface area contributed by atoms with Crippen molar-refractivity contribution in [1.82, 2.24) is 15.5 Å². The lowest BCUT2D eigenvalue weighted by Gasteiger charge is -2.39. The lowest BCUT2D eigenvalue weighted by molar-refractivity contribution is 0.132. The van der Waals surface area contributed by atoms with Crippen molar-refractivity contribution in [2.45, 2.75) is 44.2 Å². The molecule has 0 radical (unpaired) electrons. The highest BCUT2D eigenvalue weighted by Gasteiger charge is 2.28. The highest BCUT2D eigenvalue weighted by Crippen LogP contribution is 2.23. The van der Waals surface area contributed by atoms with E-state index in [2.05, 4.69) is 22.6 Å². The van der Waals surface area contributed by atoms with E-state index in [-0.39, 0.29) is 0 Å². The van der Waals surface area contributed by atoms with Crippen LogP contribution in [0.1, 0.15) is 32.1 Å². The Morgan fingerprint density at radius 1 is 1.07 bits per heavy atom. The van der Waals surface area contributed by atoms with E-state index in [0.717, 1.165) is 12.1 Å². The van der Waals surface area contributed by atoms with Crippen molar-refractivity contribution in [3.63, 3.8) is 0 Å². The normalized spacial score (nSPS) is 35.0. The predicted molar refractivity (Wildman–Crippen MR) is 64.2 cm³/mol. The molecule has 1 aliphatic heterocycles. The minimum absolute atomic E-state index is 0.733. The molecule has 1 saturated carbocycles. The summed E-state index contributed by atoms with van der Waals surface area (Å²) < 4.78 is 0. The highest BCUT2D eigenvalue weighted by molar-refractivity contribution is 4.88. The number of nitrogens with zero attached hydrogens (tertiary/aromatic N) is 1. The SMILES string of the molecule is CNC1CCCCC1N1CCCNCC1. The Morgan fingerprint density at radius 2 is 1.93 bits per heavy atom. The molecule has 2 fully saturated rings. The molecule has 3 heteroatoms. The van der Waals surface area contributed by atoms with Gasteiger partial charge < -0.3 is 10.6 Å². The molecule has 0 bridgehead atoms. The van der Waals surface area contributed by atoms with Crippen LogP contribution in [0.25, 0.3) is 0 Å². The third-order valence-corrected chi connectivity index (χ3v) is 3.94. The largest absolute Gasteiger partial charge is 0.315 e. The van der Waals surface area contributed by atoms with Gasteiger partial charge in [-0.1, -0.05) is 12.8 Å². The van der Waals surface area contributed by atoms with E-state index in [9.17, 15) is 0 Å². The topological polar surface area (TPSA) is 27.3 Å². The van der Waals surface area contributed by atoms with Gasteiger partial charge in [-0.25, -0.2) is 0 Å². The van der Waals surface area contributed by atoms with Gasteiger partial charge in [-0.2, -0.15) is 0 Å². The Balaban J connectivity index is 1.92. The molecular weight excluding hydrogens is 186 g/mol. The quantitative estimate of drug-likeness (QED) is 0.708. The van der Waals surface area contributed by atoms with Crippen LogP contribution in [0.5, 0.6) is 0 Å². The van der Waals surface area contributed by atoms with Gasteiger partial charge in [0.25, 0.3) is 0 Å². The second kappa shape index (κ2) is 5.83. The van der Waals surface area contributed by atoms with Crippen molar-refractivity contribution in [3.8, 4) is 0 Å². The summed E-state index contributed by atoms with van der Waals surface area (Å²) in [6.45, 7) is 4.90. The van der Waals surface area contributed by atoms with E-state index in [4.69, 9.17) is 0 Å². The zero-order valence-corrected chi connectivity index (χ0v) is 9.97. The molecule has 2 N–H and O–H groups in total. The van der Waals surface area contributed by atoms with E-state index in [1.165, 1.54) is 58.3 Å². The standard InChI is InChI=1S/C12H25N3/c1-13-11-5-2-3-6-12(11)15-9-4-7-14-8-10-15/h11-14H,2-10H2,1H3. The maximum atomic E-state index is 3.51. The summed E-state index contributed by atoms with van der Waals surface area (Å²) in [5, 5.41) is 7.00. The first-order valence-corrected chi connectivity index (χ1v) is 6.54. The monoisotopic (exact) mass is 211 g/mol. The summed E-state index contributed by atoms with van der Waals surface area (Å²) in [4.78, 5) is 2.71. The van der Waals surface area contributed by atoms with Gasteiger partial charge >= 0.3 is 0 Å². The first kappa shape index (κ1) is 11.4. The minimum Gasteiger partial charge on any atom is -0.315 e. The van der Waals surface area contributed by atoms with Crippen molar-refractivity contribution in [2.24, 2.45) is 0 Å². The molecule has 0 spiro atoms. The van der Waals surface area contributed by atoms with Crippen molar-refractivity contribution in [1.29, 1.82) is 0 Å². The van der Waals surface area contributed by atoms with E-state index >= 15 is 0 Å². The molecule has 0 amide bonds. The number of hydrogen-bond donors (Lipinski definition) is 2. The van der Waals surface area contributed by atoms with Crippen LogP contribution in [0, 0.1) is 0 Å². The van der Waals surface area contributed by atoms with Gasteiger partial charge in [0.2, 0.25) is 0 Å².